The number of hydrogen-bond donors (Lipinski definition) is 0. The van der Waals surface area contributed by atoms with Gasteiger partial charge in [-0.05, 0) is 87.4 Å². The van der Waals surface area contributed by atoms with Crippen molar-refractivity contribution in [1.82, 2.24) is 0 Å². The predicted molar refractivity (Wildman–Crippen MR) is 330 cm³/mol. The molecule has 0 amide bonds. The van der Waals surface area contributed by atoms with Gasteiger partial charge in [-0.1, -0.05) is 0 Å². The van der Waals surface area contributed by atoms with Crippen LogP contribution in [0, 0.1) is 145 Å². The van der Waals surface area contributed by atoms with Crippen LogP contribution in [-0.2, 0) is 40.5 Å². The maximum Gasteiger partial charge on any atom is 0.485 e. The molecule has 0 radical (unpaired) electrons. The van der Waals surface area contributed by atoms with Gasteiger partial charge in [0.1, 0.15) is 0 Å². The van der Waals surface area contributed by atoms with Crippen LogP contribution < -0.4 is 15.1 Å². The highest BCUT2D eigenvalue weighted by Crippen LogP contribution is 2.23. The molecule has 0 atom stereocenters. The number of hydrogen-bond acceptors (Lipinski definition) is 15. The van der Waals surface area contributed by atoms with Crippen LogP contribution in [0.1, 0.15) is 120 Å². The van der Waals surface area contributed by atoms with Crippen LogP contribution in [0.2, 0.25) is 0 Å². The zero-order valence-electron chi connectivity index (χ0n) is 57.3. The third-order valence-electron chi connectivity index (χ3n) is 9.42. The van der Waals surface area contributed by atoms with E-state index < -0.39 is 69.8 Å². The molecule has 0 aliphatic rings. The smallest absolute Gasteiger partial charge is 0.485 e. The highest BCUT2D eigenvalue weighted by molar-refractivity contribution is 7.87. The molecule has 39 heteroatoms. The minimum atomic E-state index is -6.09. The van der Waals surface area contributed by atoms with Crippen molar-refractivity contribution in [1.29, 1.82) is 0 Å². The molecule has 7 aromatic heterocycles. The Balaban J connectivity index is -0.000000326. The Bertz CT molecular complexity index is 3050. The molecule has 7 rings (SSSR count). The molecule has 22 nitrogen and oxygen atoms in total. The third-order valence-corrected chi connectivity index (χ3v) is 11.7. The minimum absolute atomic E-state index is 0.979. The maximum atomic E-state index is 10.7. The second-order valence-electron chi connectivity index (χ2n) is 20.4. The van der Waals surface area contributed by atoms with Gasteiger partial charge in [0.15, 0.2) is 40.5 Å². The van der Waals surface area contributed by atoms with E-state index >= 15 is 0 Å². The van der Waals surface area contributed by atoms with Gasteiger partial charge in [0.05, 0.1) is 96.9 Å². The van der Waals surface area contributed by atoms with Crippen LogP contribution in [0.25, 0.3) is 0 Å². The van der Waals surface area contributed by atoms with Gasteiger partial charge in [-0.2, -0.15) is 52.7 Å². The molecule has 0 spiro atoms. The van der Waals surface area contributed by atoms with Crippen molar-refractivity contribution in [2.24, 2.45) is 0 Å². The highest BCUT2D eigenvalue weighted by Gasteiger charge is 2.39. The molecule has 0 saturated carbocycles. The van der Waals surface area contributed by atoms with E-state index in [0.717, 1.165) is 80.6 Å². The molecule has 560 valence electrons. The zero-order chi connectivity index (χ0) is 79.6. The summed E-state index contributed by atoms with van der Waals surface area (Å²) in [6.07, 6.45) is 0. The van der Waals surface area contributed by atoms with E-state index in [4.69, 9.17) is 97.9 Å². The van der Waals surface area contributed by atoms with Crippen molar-refractivity contribution in [2.45, 2.75) is 167 Å². The standard InChI is InChI=1S/7C8H11O.4CHF3O3S.BO3/c7*1-6-4-7(2)9-8(3)5-6;4*2-1(3,4)8(5,6)7;2-1(3)4/h7*4-5H,1-3H3;4*(H,5,6,7);/q7*+1;;;;;-3/p-4. The van der Waals surface area contributed by atoms with Crippen molar-refractivity contribution < 1.29 is 151 Å². The first-order valence-electron chi connectivity index (χ1n) is 27.2. The molecular weight excluding hydrogens is 1440 g/mol. The molecule has 0 fully saturated rings. The fraction of sp³-hybridized carbons (Fsp3) is 0.417. The number of aryl methyl sites for hydroxylation is 21. The fourth-order valence-corrected chi connectivity index (χ4v) is 6.97. The van der Waals surface area contributed by atoms with E-state index in [-0.39, 0.29) is 0 Å². The van der Waals surface area contributed by atoms with Gasteiger partial charge in [-0.3, -0.25) is 7.32 Å². The summed E-state index contributed by atoms with van der Waals surface area (Å²) in [5.41, 5.74) is -13.8. The van der Waals surface area contributed by atoms with Crippen LogP contribution in [-0.4, -0.2) is 81.2 Å². The highest BCUT2D eigenvalue weighted by atomic mass is 32.2. The molecule has 0 aromatic carbocycles. The summed E-state index contributed by atoms with van der Waals surface area (Å²) < 4.78 is 272. The Kier molecular flexibility index (Phi) is 45.5. The summed E-state index contributed by atoms with van der Waals surface area (Å²) in [5.74, 6) is 13.7. The van der Waals surface area contributed by atoms with Gasteiger partial charge in [-0.25, -0.2) is 64.6 Å². The van der Waals surface area contributed by atoms with Crippen LogP contribution >= 0.6 is 0 Å². The average molecular weight is 1520 g/mol. The lowest BCUT2D eigenvalue weighted by molar-refractivity contribution is -0.479. The lowest BCUT2D eigenvalue weighted by Crippen LogP contribution is -2.56. The van der Waals surface area contributed by atoms with Crippen molar-refractivity contribution in [3.05, 3.63) is 205 Å². The Hall–Kier alpha value is -7.21. The van der Waals surface area contributed by atoms with Crippen LogP contribution in [0.15, 0.2) is 116 Å². The number of rotatable bonds is 0. The summed E-state index contributed by atoms with van der Waals surface area (Å²) in [5, 5.41) is 25.2. The summed E-state index contributed by atoms with van der Waals surface area (Å²) in [6, 6.07) is 28.3. The SMILES string of the molecule is Cc1cc(C)[o+]c(C)c1.Cc1cc(C)[o+]c(C)c1.Cc1cc(C)[o+]c(C)c1.Cc1cc(C)[o+]c(C)c1.Cc1cc(C)[o+]c(C)c1.Cc1cc(C)[o+]c(C)c1.Cc1cc(C)[o+]c(C)c1.O=S(=O)([O-])C(F)(F)F.O=S(=O)([O-])C(F)(F)F.O=S(=O)([O-])C(F)(F)F.O=S(=O)([O-])C(F)(F)F.[O-]B([O-])[O-]. The molecule has 0 N–H and O–H groups in total. The van der Waals surface area contributed by atoms with Crippen LogP contribution in [0.5, 0.6) is 0 Å². The van der Waals surface area contributed by atoms with E-state index in [1.807, 2.05) is 182 Å². The molecule has 7 heterocycles. The first-order valence-corrected chi connectivity index (χ1v) is 32.9. The maximum absolute atomic E-state index is 10.7. The van der Waals surface area contributed by atoms with E-state index in [1.54, 1.807) is 0 Å². The van der Waals surface area contributed by atoms with Gasteiger partial charge in [0.25, 0.3) is 0 Å². The van der Waals surface area contributed by atoms with Gasteiger partial charge in [0, 0.05) is 84.9 Å². The average Bonchev–Trinajstić information content (AvgIpc) is 0.882. The Morgan fingerprint density at radius 1 is 0.222 bits per heavy atom. The van der Waals surface area contributed by atoms with E-state index in [9.17, 15) is 52.7 Å². The second kappa shape index (κ2) is 44.8. The van der Waals surface area contributed by atoms with E-state index in [2.05, 4.69) is 48.5 Å². The number of halogens is 12. The molecule has 0 aliphatic carbocycles. The summed E-state index contributed by atoms with van der Waals surface area (Å²) >= 11 is 0. The Labute approximate surface area is 567 Å². The second-order valence-corrected chi connectivity index (χ2v) is 25.9. The quantitative estimate of drug-likeness (QED) is 0.0447. The molecule has 0 aliphatic heterocycles. The first-order chi connectivity index (χ1) is 44.0. The zero-order valence-corrected chi connectivity index (χ0v) is 60.6. The predicted octanol–water partition coefficient (Wildman–Crippen LogP) is 13.7. The van der Waals surface area contributed by atoms with E-state index in [0.29, 0.717) is 0 Å². The van der Waals surface area contributed by atoms with Crippen LogP contribution in [0.4, 0.5) is 52.7 Å². The van der Waals surface area contributed by atoms with Crippen LogP contribution in [0.3, 0.4) is 0 Å². The fourth-order valence-electron chi connectivity index (χ4n) is 6.97. The molecule has 0 unspecified atom stereocenters. The molecule has 7 aromatic rings. The van der Waals surface area contributed by atoms with Gasteiger partial charge < -0.3 is 33.3 Å². The molecule has 99 heavy (non-hydrogen) atoms. The Morgan fingerprint density at radius 2 is 0.273 bits per heavy atom. The van der Waals surface area contributed by atoms with Crippen molar-refractivity contribution in [3.8, 4) is 0 Å². The van der Waals surface area contributed by atoms with Crippen molar-refractivity contribution in [3.63, 3.8) is 0 Å². The molecule has 0 saturated heterocycles. The monoisotopic (exact) mass is 1520 g/mol. The molecule has 0 bridgehead atoms. The lowest BCUT2D eigenvalue weighted by atomic mass is 10.2. The minimum Gasteiger partial charge on any atom is -0.907 e. The van der Waals surface area contributed by atoms with Crippen molar-refractivity contribution >= 4 is 47.8 Å². The first kappa shape index (κ1) is 100. The lowest BCUT2D eigenvalue weighted by Gasteiger charge is -2.35. The summed E-state index contributed by atoms with van der Waals surface area (Å²) in [6.45, 7) is 41.9. The number of alkyl halides is 12. The topological polar surface area (TPSA) is 377 Å². The van der Waals surface area contributed by atoms with Gasteiger partial charge in [0.2, 0.25) is 0 Å². The third kappa shape index (κ3) is 56.3. The summed E-state index contributed by atoms with van der Waals surface area (Å²) in [7, 11) is -27.3. The van der Waals surface area contributed by atoms with Gasteiger partial charge >= 0.3 is 103 Å². The van der Waals surface area contributed by atoms with E-state index in [1.165, 1.54) is 38.9 Å². The van der Waals surface area contributed by atoms with Gasteiger partial charge in [-0.15, -0.1) is 0 Å². The molecular formula is C60H77BF12O22S4. The Morgan fingerprint density at radius 3 is 0.303 bits per heavy atom. The largest absolute Gasteiger partial charge is 0.907 e. The normalized spacial score (nSPS) is 10.9. The van der Waals surface area contributed by atoms with Crippen molar-refractivity contribution in [2.75, 3.05) is 0 Å². The summed E-state index contributed by atoms with van der Waals surface area (Å²) in [4.78, 5) is 0.